The molecular weight excluding hydrogens is 219 g/mol. The average molecular weight is 238 g/mol. The summed E-state index contributed by atoms with van der Waals surface area (Å²) >= 11 is 0. The number of rotatable bonds is 4. The van der Waals surface area contributed by atoms with Gasteiger partial charge in [0.15, 0.2) is 0 Å². The van der Waals surface area contributed by atoms with Crippen LogP contribution in [0.1, 0.15) is 30.7 Å². The zero-order chi connectivity index (χ0) is 12.1. The summed E-state index contributed by atoms with van der Waals surface area (Å²) in [6.07, 6.45) is 3.10. The van der Waals surface area contributed by atoms with Crippen LogP contribution >= 0.6 is 0 Å². The summed E-state index contributed by atoms with van der Waals surface area (Å²) in [6, 6.07) is 6.47. The molecule has 0 spiro atoms. The third kappa shape index (κ3) is 3.51. The molecule has 1 fully saturated rings. The topological polar surface area (TPSA) is 29.5 Å². The van der Waals surface area contributed by atoms with E-state index in [1.54, 1.807) is 12.1 Å². The first-order valence-corrected chi connectivity index (χ1v) is 6.23. The molecule has 1 aliphatic rings. The molecule has 2 nitrogen and oxygen atoms in total. The van der Waals surface area contributed by atoms with Gasteiger partial charge in [-0.25, -0.2) is 4.39 Å². The fraction of sp³-hybridized carbons (Fsp3) is 0.571. The molecule has 1 N–H and O–H groups in total. The van der Waals surface area contributed by atoms with Crippen LogP contribution in [0.3, 0.4) is 0 Å². The quantitative estimate of drug-likeness (QED) is 0.874. The van der Waals surface area contributed by atoms with E-state index in [-0.39, 0.29) is 18.3 Å². The molecule has 1 aromatic rings. The predicted molar refractivity (Wildman–Crippen MR) is 64.4 cm³/mol. The molecular formula is C14H19FO2. The van der Waals surface area contributed by atoms with Gasteiger partial charge in [-0.2, -0.15) is 0 Å². The van der Waals surface area contributed by atoms with Gasteiger partial charge >= 0.3 is 0 Å². The number of halogens is 1. The maximum atomic E-state index is 12.8. The number of aliphatic hydroxyl groups is 1. The standard InChI is InChI=1S/C14H19FO2/c15-14-3-1-12(2-4-14)13(10-16)9-11-5-7-17-8-6-11/h1-4,11,13,16H,5-10H2. The molecule has 1 heterocycles. The number of hydrogen-bond donors (Lipinski definition) is 1. The van der Waals surface area contributed by atoms with Crippen LogP contribution in [0.15, 0.2) is 24.3 Å². The molecule has 2 rings (SSSR count). The molecule has 0 saturated carbocycles. The lowest BCUT2D eigenvalue weighted by Crippen LogP contribution is -2.19. The van der Waals surface area contributed by atoms with E-state index in [4.69, 9.17) is 4.74 Å². The van der Waals surface area contributed by atoms with Crippen LogP contribution in [0.25, 0.3) is 0 Å². The molecule has 0 aliphatic carbocycles. The minimum atomic E-state index is -0.225. The maximum absolute atomic E-state index is 12.8. The smallest absolute Gasteiger partial charge is 0.123 e. The highest BCUT2D eigenvalue weighted by atomic mass is 19.1. The Labute approximate surface area is 101 Å². The Bertz CT molecular complexity index is 331. The molecule has 1 aliphatic heterocycles. The Morgan fingerprint density at radius 3 is 2.47 bits per heavy atom. The Balaban J connectivity index is 1.97. The number of hydrogen-bond acceptors (Lipinski definition) is 2. The zero-order valence-corrected chi connectivity index (χ0v) is 9.94. The van der Waals surface area contributed by atoms with E-state index in [0.29, 0.717) is 5.92 Å². The van der Waals surface area contributed by atoms with Crippen LogP contribution in [0, 0.1) is 11.7 Å². The van der Waals surface area contributed by atoms with Crippen LogP contribution in [0.5, 0.6) is 0 Å². The summed E-state index contributed by atoms with van der Waals surface area (Å²) in [5.74, 6) is 0.515. The van der Waals surface area contributed by atoms with Crippen molar-refractivity contribution in [3.63, 3.8) is 0 Å². The monoisotopic (exact) mass is 238 g/mol. The Kier molecular flexibility index (Phi) is 4.51. The SMILES string of the molecule is OCC(CC1CCOCC1)c1ccc(F)cc1. The van der Waals surface area contributed by atoms with Crippen LogP contribution in [0.4, 0.5) is 4.39 Å². The Morgan fingerprint density at radius 2 is 1.88 bits per heavy atom. The number of ether oxygens (including phenoxy) is 1. The summed E-state index contributed by atoms with van der Waals surface area (Å²) < 4.78 is 18.2. The first kappa shape index (κ1) is 12.5. The summed E-state index contributed by atoms with van der Waals surface area (Å²) in [7, 11) is 0. The average Bonchev–Trinajstić information content (AvgIpc) is 2.38. The third-order valence-corrected chi connectivity index (χ3v) is 3.52. The molecule has 1 atom stereocenters. The van der Waals surface area contributed by atoms with Crippen molar-refractivity contribution in [2.24, 2.45) is 5.92 Å². The molecule has 0 aromatic heterocycles. The minimum absolute atomic E-state index is 0.124. The molecule has 1 aromatic carbocycles. The summed E-state index contributed by atoms with van der Waals surface area (Å²) in [5.41, 5.74) is 1.03. The first-order chi connectivity index (χ1) is 8.29. The lowest BCUT2D eigenvalue weighted by molar-refractivity contribution is 0.0591. The van der Waals surface area contributed by atoms with E-state index in [0.717, 1.165) is 38.0 Å². The molecule has 0 amide bonds. The normalized spacial score (nSPS) is 19.2. The van der Waals surface area contributed by atoms with Gasteiger partial charge in [0.25, 0.3) is 0 Å². The zero-order valence-electron chi connectivity index (χ0n) is 9.94. The van der Waals surface area contributed by atoms with Crippen molar-refractivity contribution in [2.75, 3.05) is 19.8 Å². The highest BCUT2D eigenvalue weighted by Crippen LogP contribution is 2.29. The van der Waals surface area contributed by atoms with Crippen molar-refractivity contribution in [3.8, 4) is 0 Å². The van der Waals surface area contributed by atoms with E-state index >= 15 is 0 Å². The molecule has 94 valence electrons. The van der Waals surface area contributed by atoms with E-state index in [1.807, 2.05) is 0 Å². The molecule has 3 heteroatoms. The van der Waals surface area contributed by atoms with Crippen LogP contribution in [0.2, 0.25) is 0 Å². The van der Waals surface area contributed by atoms with Gasteiger partial charge in [-0.1, -0.05) is 12.1 Å². The van der Waals surface area contributed by atoms with Crippen molar-refractivity contribution in [1.82, 2.24) is 0 Å². The van der Waals surface area contributed by atoms with Crippen molar-refractivity contribution in [1.29, 1.82) is 0 Å². The number of benzene rings is 1. The second-order valence-electron chi connectivity index (χ2n) is 4.72. The molecule has 1 saturated heterocycles. The fourth-order valence-electron chi connectivity index (χ4n) is 2.44. The molecule has 1 unspecified atom stereocenters. The minimum Gasteiger partial charge on any atom is -0.396 e. The van der Waals surface area contributed by atoms with Gasteiger partial charge in [0.2, 0.25) is 0 Å². The van der Waals surface area contributed by atoms with Crippen LogP contribution < -0.4 is 0 Å². The largest absolute Gasteiger partial charge is 0.396 e. The van der Waals surface area contributed by atoms with E-state index in [1.165, 1.54) is 12.1 Å². The van der Waals surface area contributed by atoms with Crippen LogP contribution in [-0.4, -0.2) is 24.9 Å². The summed E-state index contributed by atoms with van der Waals surface area (Å²) in [4.78, 5) is 0. The van der Waals surface area contributed by atoms with Crippen molar-refractivity contribution >= 4 is 0 Å². The van der Waals surface area contributed by atoms with Crippen molar-refractivity contribution < 1.29 is 14.2 Å². The highest BCUT2D eigenvalue weighted by molar-refractivity contribution is 5.20. The maximum Gasteiger partial charge on any atom is 0.123 e. The molecule has 0 radical (unpaired) electrons. The van der Waals surface area contributed by atoms with Gasteiger partial charge in [-0.05, 0) is 42.9 Å². The Hall–Kier alpha value is -0.930. The van der Waals surface area contributed by atoms with E-state index in [9.17, 15) is 9.50 Å². The van der Waals surface area contributed by atoms with Gasteiger partial charge < -0.3 is 9.84 Å². The fourth-order valence-corrected chi connectivity index (χ4v) is 2.44. The lowest BCUT2D eigenvalue weighted by atomic mass is 9.85. The van der Waals surface area contributed by atoms with Gasteiger partial charge in [0.1, 0.15) is 5.82 Å². The Morgan fingerprint density at radius 1 is 1.24 bits per heavy atom. The lowest BCUT2D eigenvalue weighted by Gasteiger charge is -2.26. The second-order valence-corrected chi connectivity index (χ2v) is 4.72. The highest BCUT2D eigenvalue weighted by Gasteiger charge is 2.20. The first-order valence-electron chi connectivity index (χ1n) is 6.23. The van der Waals surface area contributed by atoms with Crippen LogP contribution in [-0.2, 0) is 4.74 Å². The molecule has 17 heavy (non-hydrogen) atoms. The van der Waals surface area contributed by atoms with E-state index in [2.05, 4.69) is 0 Å². The van der Waals surface area contributed by atoms with Gasteiger partial charge in [-0.15, -0.1) is 0 Å². The molecule has 0 bridgehead atoms. The number of aliphatic hydroxyl groups excluding tert-OH is 1. The summed E-state index contributed by atoms with van der Waals surface area (Å²) in [6.45, 7) is 1.78. The second kappa shape index (κ2) is 6.12. The van der Waals surface area contributed by atoms with Gasteiger partial charge in [0.05, 0.1) is 0 Å². The van der Waals surface area contributed by atoms with Gasteiger partial charge in [0, 0.05) is 25.7 Å². The predicted octanol–water partition coefficient (Wildman–Crippen LogP) is 2.72. The van der Waals surface area contributed by atoms with Crippen molar-refractivity contribution in [3.05, 3.63) is 35.6 Å². The van der Waals surface area contributed by atoms with Gasteiger partial charge in [-0.3, -0.25) is 0 Å². The van der Waals surface area contributed by atoms with E-state index < -0.39 is 0 Å². The summed E-state index contributed by atoms with van der Waals surface area (Å²) in [5, 5.41) is 9.45. The van der Waals surface area contributed by atoms with Crippen molar-refractivity contribution in [2.45, 2.75) is 25.2 Å². The third-order valence-electron chi connectivity index (χ3n) is 3.52.